The number of hydrogen-bond acceptors (Lipinski definition) is 5. The van der Waals surface area contributed by atoms with E-state index in [9.17, 15) is 8.42 Å². The second-order valence-electron chi connectivity index (χ2n) is 7.25. The van der Waals surface area contributed by atoms with Crippen LogP contribution in [0.3, 0.4) is 0 Å². The molecule has 0 N–H and O–H groups in total. The first-order valence-electron chi connectivity index (χ1n) is 9.49. The largest absolute Gasteiger partial charge is 0.345 e. The van der Waals surface area contributed by atoms with Crippen molar-refractivity contribution < 1.29 is 8.42 Å². The van der Waals surface area contributed by atoms with E-state index in [0.717, 1.165) is 10.8 Å². The molecule has 9 heteroatoms. The Balaban J connectivity index is 1.50. The van der Waals surface area contributed by atoms with Gasteiger partial charge < -0.3 is 4.90 Å². The van der Waals surface area contributed by atoms with E-state index in [0.29, 0.717) is 31.2 Å². The monoisotopic (exact) mass is 481 g/mol. The van der Waals surface area contributed by atoms with Crippen LogP contribution >= 0.6 is 34.5 Å². The van der Waals surface area contributed by atoms with E-state index in [1.807, 2.05) is 6.07 Å². The van der Waals surface area contributed by atoms with Crippen LogP contribution in [0.5, 0.6) is 0 Å². The third-order valence-corrected chi connectivity index (χ3v) is 8.77. The summed E-state index contributed by atoms with van der Waals surface area (Å²) < 4.78 is 27.5. The number of benzene rings is 2. The number of thiazole rings is 1. The first kappa shape index (κ1) is 21.6. The Hall–Kier alpha value is -1.64. The average molecular weight is 482 g/mol. The topological polar surface area (TPSA) is 53.5 Å². The molecule has 0 spiro atoms. The van der Waals surface area contributed by atoms with Crippen LogP contribution in [-0.2, 0) is 10.0 Å². The molecule has 5 nitrogen and oxygen atoms in total. The number of piperazine rings is 1. The molecule has 0 radical (unpaired) electrons. The molecule has 158 valence electrons. The summed E-state index contributed by atoms with van der Waals surface area (Å²) in [6.45, 7) is 6.08. The van der Waals surface area contributed by atoms with Gasteiger partial charge in [0, 0.05) is 42.1 Å². The lowest BCUT2D eigenvalue weighted by Crippen LogP contribution is -2.48. The Morgan fingerprint density at radius 3 is 2.30 bits per heavy atom. The Morgan fingerprint density at radius 1 is 1.00 bits per heavy atom. The predicted octanol–water partition coefficient (Wildman–Crippen LogP) is 5.24. The summed E-state index contributed by atoms with van der Waals surface area (Å²) in [5.74, 6) is 0. The number of anilines is 1. The molecular formula is C21H21Cl2N3O2S2. The molecule has 3 aromatic rings. The summed E-state index contributed by atoms with van der Waals surface area (Å²) in [4.78, 5) is 7.06. The zero-order chi connectivity index (χ0) is 21.5. The number of rotatable bonds is 4. The molecule has 0 bridgehead atoms. The summed E-state index contributed by atoms with van der Waals surface area (Å²) in [6.07, 6.45) is 0. The van der Waals surface area contributed by atoms with E-state index in [1.165, 1.54) is 33.1 Å². The minimum Gasteiger partial charge on any atom is -0.345 e. The van der Waals surface area contributed by atoms with Crippen LogP contribution in [0, 0.1) is 13.8 Å². The molecule has 0 aliphatic carbocycles. The molecule has 30 heavy (non-hydrogen) atoms. The highest BCUT2D eigenvalue weighted by Gasteiger charge is 2.31. The van der Waals surface area contributed by atoms with Gasteiger partial charge in [-0.2, -0.15) is 4.31 Å². The highest BCUT2D eigenvalue weighted by Crippen LogP contribution is 2.33. The average Bonchev–Trinajstić information content (AvgIpc) is 3.17. The van der Waals surface area contributed by atoms with Gasteiger partial charge in [-0.1, -0.05) is 41.4 Å². The molecule has 0 unspecified atom stereocenters. The van der Waals surface area contributed by atoms with Crippen LogP contribution in [0.15, 0.2) is 46.7 Å². The predicted molar refractivity (Wildman–Crippen MR) is 124 cm³/mol. The van der Waals surface area contributed by atoms with Crippen molar-refractivity contribution in [2.24, 2.45) is 0 Å². The lowest BCUT2D eigenvalue weighted by atomic mass is 10.0. The van der Waals surface area contributed by atoms with Gasteiger partial charge in [0.15, 0.2) is 5.13 Å². The van der Waals surface area contributed by atoms with Crippen molar-refractivity contribution in [1.29, 1.82) is 0 Å². The third-order valence-electron chi connectivity index (χ3n) is 5.25. The van der Waals surface area contributed by atoms with Gasteiger partial charge in [-0.15, -0.1) is 11.3 Å². The van der Waals surface area contributed by atoms with Gasteiger partial charge in [-0.05, 0) is 43.2 Å². The normalized spacial score (nSPS) is 15.5. The molecular weight excluding hydrogens is 461 g/mol. The van der Waals surface area contributed by atoms with Gasteiger partial charge in [0.25, 0.3) is 0 Å². The first-order valence-corrected chi connectivity index (χ1v) is 12.6. The van der Waals surface area contributed by atoms with Gasteiger partial charge in [-0.25, -0.2) is 13.4 Å². The van der Waals surface area contributed by atoms with E-state index in [1.54, 1.807) is 17.4 Å². The maximum Gasteiger partial charge on any atom is 0.244 e. The smallest absolute Gasteiger partial charge is 0.244 e. The Labute approximate surface area is 190 Å². The highest BCUT2D eigenvalue weighted by atomic mass is 35.5. The van der Waals surface area contributed by atoms with Crippen molar-refractivity contribution in [2.45, 2.75) is 18.7 Å². The maximum atomic E-state index is 13.0. The van der Waals surface area contributed by atoms with Crippen LogP contribution in [0.4, 0.5) is 5.13 Å². The van der Waals surface area contributed by atoms with Crippen molar-refractivity contribution in [2.75, 3.05) is 31.1 Å². The lowest BCUT2D eigenvalue weighted by Gasteiger charge is -2.34. The Bertz CT molecular complexity index is 1170. The fourth-order valence-electron chi connectivity index (χ4n) is 3.69. The number of sulfonamides is 1. The number of aromatic nitrogens is 1. The zero-order valence-electron chi connectivity index (χ0n) is 16.6. The number of aryl methyl sites for hydroxylation is 2. The third kappa shape index (κ3) is 4.09. The van der Waals surface area contributed by atoms with Gasteiger partial charge in [-0.3, -0.25) is 0 Å². The molecule has 2 heterocycles. The minimum absolute atomic E-state index is 0.0913. The molecule has 0 saturated carbocycles. The molecule has 2 aromatic carbocycles. The van der Waals surface area contributed by atoms with E-state index in [-0.39, 0.29) is 9.92 Å². The van der Waals surface area contributed by atoms with E-state index >= 15 is 0 Å². The maximum absolute atomic E-state index is 13.0. The highest BCUT2D eigenvalue weighted by molar-refractivity contribution is 7.89. The lowest BCUT2D eigenvalue weighted by molar-refractivity contribution is 0.385. The summed E-state index contributed by atoms with van der Waals surface area (Å²) in [7, 11) is -3.67. The van der Waals surface area contributed by atoms with Crippen LogP contribution in [-0.4, -0.2) is 43.9 Å². The van der Waals surface area contributed by atoms with E-state index in [4.69, 9.17) is 28.2 Å². The SMILES string of the molecule is Cc1cccc(C)c1-c1csc(N2CCN(S(=O)(=O)c3ccc(Cl)cc3Cl)CC2)n1. The second kappa shape index (κ2) is 8.48. The number of nitrogens with zero attached hydrogens (tertiary/aromatic N) is 3. The number of halogens is 2. The molecule has 1 aliphatic rings. The first-order chi connectivity index (χ1) is 14.3. The van der Waals surface area contributed by atoms with Crippen LogP contribution in [0.1, 0.15) is 11.1 Å². The van der Waals surface area contributed by atoms with Crippen molar-refractivity contribution in [3.05, 3.63) is 63.0 Å². The summed E-state index contributed by atoms with van der Waals surface area (Å²) in [5.41, 5.74) is 4.53. The number of hydrogen-bond donors (Lipinski definition) is 0. The minimum atomic E-state index is -3.67. The van der Waals surface area contributed by atoms with Gasteiger partial charge in [0.2, 0.25) is 10.0 Å². The van der Waals surface area contributed by atoms with Crippen LogP contribution < -0.4 is 4.90 Å². The fourth-order valence-corrected chi connectivity index (χ4v) is 6.72. The molecule has 1 aliphatic heterocycles. The fraction of sp³-hybridized carbons (Fsp3) is 0.286. The molecule has 1 aromatic heterocycles. The van der Waals surface area contributed by atoms with Crippen molar-refractivity contribution in [3.8, 4) is 11.3 Å². The Kier molecular flexibility index (Phi) is 6.10. The molecule has 0 amide bonds. The van der Waals surface area contributed by atoms with Gasteiger partial charge in [0.05, 0.1) is 10.7 Å². The molecule has 1 saturated heterocycles. The molecule has 4 rings (SSSR count). The van der Waals surface area contributed by atoms with Crippen molar-refractivity contribution in [3.63, 3.8) is 0 Å². The van der Waals surface area contributed by atoms with Crippen molar-refractivity contribution >= 4 is 49.7 Å². The van der Waals surface area contributed by atoms with E-state index in [2.05, 4.69) is 36.3 Å². The molecule has 1 fully saturated rings. The van der Waals surface area contributed by atoms with Gasteiger partial charge in [0.1, 0.15) is 4.90 Å². The quantitative estimate of drug-likeness (QED) is 0.510. The van der Waals surface area contributed by atoms with E-state index < -0.39 is 10.0 Å². The summed E-state index contributed by atoms with van der Waals surface area (Å²) in [6, 6.07) is 10.7. The molecule has 0 atom stereocenters. The summed E-state index contributed by atoms with van der Waals surface area (Å²) >= 11 is 13.6. The van der Waals surface area contributed by atoms with Crippen LogP contribution in [0.2, 0.25) is 10.0 Å². The van der Waals surface area contributed by atoms with Crippen LogP contribution in [0.25, 0.3) is 11.3 Å². The Morgan fingerprint density at radius 2 is 1.67 bits per heavy atom. The summed E-state index contributed by atoms with van der Waals surface area (Å²) in [5, 5.41) is 3.53. The van der Waals surface area contributed by atoms with Crippen molar-refractivity contribution in [1.82, 2.24) is 9.29 Å². The second-order valence-corrected chi connectivity index (χ2v) is 10.8. The van der Waals surface area contributed by atoms with Gasteiger partial charge >= 0.3 is 0 Å². The standard InChI is InChI=1S/C21H21Cl2N3O2S2/c1-14-4-3-5-15(2)20(14)18-13-29-21(24-18)25-8-10-26(11-9-25)30(27,28)19-7-6-16(22)12-17(19)23/h3-7,12-13H,8-11H2,1-2H3. The zero-order valence-corrected chi connectivity index (χ0v) is 19.7.